The molecule has 0 unspecified atom stereocenters. The largest absolute Gasteiger partial charge is 0.336 e. The van der Waals surface area contributed by atoms with E-state index in [1.54, 1.807) is 22.7 Å². The van der Waals surface area contributed by atoms with Crippen molar-refractivity contribution in [1.29, 1.82) is 0 Å². The third-order valence-electron chi connectivity index (χ3n) is 7.08. The van der Waals surface area contributed by atoms with Gasteiger partial charge in [0.1, 0.15) is 4.90 Å². The highest BCUT2D eigenvalue weighted by Crippen LogP contribution is 2.30. The van der Waals surface area contributed by atoms with Crippen LogP contribution in [0.5, 0.6) is 0 Å². The van der Waals surface area contributed by atoms with Gasteiger partial charge in [0.25, 0.3) is 5.91 Å². The highest BCUT2D eigenvalue weighted by molar-refractivity contribution is 7.89. The maximum atomic E-state index is 13.8. The van der Waals surface area contributed by atoms with Gasteiger partial charge in [0.15, 0.2) is 0 Å². The van der Waals surface area contributed by atoms with Crippen LogP contribution in [0.4, 0.5) is 0 Å². The lowest BCUT2D eigenvalue weighted by Crippen LogP contribution is -2.50. The zero-order valence-electron chi connectivity index (χ0n) is 21.8. The fraction of sp³-hybridized carbons (Fsp3) is 0.385. The minimum absolute atomic E-state index is 0.133. The first-order chi connectivity index (χ1) is 17.6. The first-order valence-electron chi connectivity index (χ1n) is 12.4. The second kappa shape index (κ2) is 9.38. The number of benzene rings is 1. The summed E-state index contributed by atoms with van der Waals surface area (Å²) in [5, 5.41) is 9.57. The molecule has 5 rings (SSSR count). The molecule has 1 aliphatic rings. The van der Waals surface area contributed by atoms with Crippen molar-refractivity contribution in [3.63, 3.8) is 0 Å². The molecule has 4 aromatic rings. The Bertz CT molecular complexity index is 1610. The van der Waals surface area contributed by atoms with Gasteiger partial charge in [-0.2, -0.15) is 14.5 Å². The van der Waals surface area contributed by atoms with E-state index in [-0.39, 0.29) is 23.9 Å². The molecule has 1 fully saturated rings. The number of carbonyl (C=O) groups excluding carboxylic acids is 1. The Kier molecular flexibility index (Phi) is 6.36. The third kappa shape index (κ3) is 4.31. The number of sulfonamides is 1. The molecular formula is C26H31N7O3S. The van der Waals surface area contributed by atoms with E-state index in [0.29, 0.717) is 36.6 Å². The van der Waals surface area contributed by atoms with Crippen LogP contribution in [0.3, 0.4) is 0 Å². The van der Waals surface area contributed by atoms with Gasteiger partial charge in [0.05, 0.1) is 28.2 Å². The average molecular weight is 522 g/mol. The Labute approximate surface area is 216 Å². The molecule has 0 bridgehead atoms. The quantitative estimate of drug-likeness (QED) is 0.400. The summed E-state index contributed by atoms with van der Waals surface area (Å²) in [4.78, 5) is 20.6. The Hall–Kier alpha value is -3.57. The van der Waals surface area contributed by atoms with Crippen LogP contribution in [0.2, 0.25) is 0 Å². The fourth-order valence-corrected chi connectivity index (χ4v) is 6.57. The monoisotopic (exact) mass is 521 g/mol. The lowest BCUT2D eigenvalue weighted by atomic mass is 10.0. The highest BCUT2D eigenvalue weighted by Gasteiger charge is 2.33. The number of hydrogen-bond donors (Lipinski definition) is 0. The molecular weight excluding hydrogens is 490 g/mol. The van der Waals surface area contributed by atoms with E-state index in [9.17, 15) is 13.2 Å². The number of carbonyl (C=O) groups is 1. The van der Waals surface area contributed by atoms with Gasteiger partial charge in [0.2, 0.25) is 10.0 Å². The third-order valence-corrected chi connectivity index (χ3v) is 9.08. The van der Waals surface area contributed by atoms with E-state index in [4.69, 9.17) is 4.98 Å². The predicted molar refractivity (Wildman–Crippen MR) is 141 cm³/mol. The van der Waals surface area contributed by atoms with Gasteiger partial charge >= 0.3 is 0 Å². The first kappa shape index (κ1) is 25.1. The number of aromatic nitrogens is 5. The summed E-state index contributed by atoms with van der Waals surface area (Å²) in [7, 11) is -1.80. The summed E-state index contributed by atoms with van der Waals surface area (Å²) >= 11 is 0. The maximum Gasteiger partial charge on any atom is 0.254 e. The number of pyridine rings is 1. The normalized spacial score (nSPS) is 15.0. The summed E-state index contributed by atoms with van der Waals surface area (Å²) in [5.41, 5.74) is 5.21. The average Bonchev–Trinajstić information content (AvgIpc) is 3.40. The van der Waals surface area contributed by atoms with Crippen LogP contribution in [-0.2, 0) is 23.6 Å². The highest BCUT2D eigenvalue weighted by atomic mass is 32.2. The molecule has 1 aliphatic heterocycles. The maximum absolute atomic E-state index is 13.8. The zero-order chi connectivity index (χ0) is 26.5. The summed E-state index contributed by atoms with van der Waals surface area (Å²) in [6.07, 6.45) is 1.58. The molecule has 1 amide bonds. The van der Waals surface area contributed by atoms with E-state index < -0.39 is 10.0 Å². The van der Waals surface area contributed by atoms with Crippen LogP contribution in [0.25, 0.3) is 22.2 Å². The van der Waals surface area contributed by atoms with Gasteiger partial charge in [0, 0.05) is 62.6 Å². The minimum atomic E-state index is -3.69. The van der Waals surface area contributed by atoms with Crippen molar-refractivity contribution in [1.82, 2.24) is 33.8 Å². The summed E-state index contributed by atoms with van der Waals surface area (Å²) < 4.78 is 31.4. The van der Waals surface area contributed by atoms with Gasteiger partial charge in [-0.15, -0.1) is 0 Å². The second-order valence-corrected chi connectivity index (χ2v) is 11.3. The van der Waals surface area contributed by atoms with Crippen LogP contribution in [0, 0.1) is 20.8 Å². The number of para-hydroxylation sites is 1. The predicted octanol–water partition coefficient (Wildman–Crippen LogP) is 2.92. The molecule has 194 valence electrons. The van der Waals surface area contributed by atoms with E-state index in [0.717, 1.165) is 27.9 Å². The fourth-order valence-electron chi connectivity index (χ4n) is 4.98. The first-order valence-corrected chi connectivity index (χ1v) is 13.8. The van der Waals surface area contributed by atoms with E-state index in [1.807, 2.05) is 62.8 Å². The molecule has 3 aromatic heterocycles. The van der Waals surface area contributed by atoms with Gasteiger partial charge in [-0.1, -0.05) is 18.2 Å². The molecule has 0 spiro atoms. The molecule has 0 aliphatic carbocycles. The zero-order valence-corrected chi connectivity index (χ0v) is 22.6. The summed E-state index contributed by atoms with van der Waals surface area (Å²) in [6.45, 7) is 9.19. The SMILES string of the molecule is CCn1cc(S(=O)(=O)N2CCN(C(=O)c3cc(-c4c(C)nn(C)c4C)nc4ccccc34)CC2)c(C)n1. The molecule has 1 saturated heterocycles. The number of aryl methyl sites for hydroxylation is 4. The smallest absolute Gasteiger partial charge is 0.254 e. The molecule has 11 heteroatoms. The van der Waals surface area contributed by atoms with Crippen LogP contribution in [0.15, 0.2) is 41.4 Å². The molecule has 0 N–H and O–H groups in total. The van der Waals surface area contributed by atoms with E-state index >= 15 is 0 Å². The van der Waals surface area contributed by atoms with Gasteiger partial charge < -0.3 is 4.90 Å². The van der Waals surface area contributed by atoms with Crippen LogP contribution in [0.1, 0.15) is 34.4 Å². The van der Waals surface area contributed by atoms with Crippen LogP contribution in [-0.4, -0.2) is 74.3 Å². The van der Waals surface area contributed by atoms with Crippen molar-refractivity contribution < 1.29 is 13.2 Å². The van der Waals surface area contributed by atoms with Gasteiger partial charge in [-0.25, -0.2) is 13.4 Å². The van der Waals surface area contributed by atoms with Crippen molar-refractivity contribution in [3.05, 3.63) is 59.2 Å². The topological polar surface area (TPSA) is 106 Å². The number of amides is 1. The van der Waals surface area contributed by atoms with Crippen molar-refractivity contribution in [3.8, 4) is 11.3 Å². The van der Waals surface area contributed by atoms with E-state index in [2.05, 4.69) is 10.2 Å². The molecule has 10 nitrogen and oxygen atoms in total. The molecule has 0 radical (unpaired) electrons. The number of nitrogens with zero attached hydrogens (tertiary/aromatic N) is 7. The molecule has 0 atom stereocenters. The van der Waals surface area contributed by atoms with Gasteiger partial charge in [-0.05, 0) is 39.8 Å². The molecule has 0 saturated carbocycles. The Morgan fingerprint density at radius 3 is 2.32 bits per heavy atom. The summed E-state index contributed by atoms with van der Waals surface area (Å²) in [5.74, 6) is -0.133. The Morgan fingerprint density at radius 2 is 1.70 bits per heavy atom. The van der Waals surface area contributed by atoms with Gasteiger partial charge in [-0.3, -0.25) is 14.2 Å². The standard InChI is InChI=1S/C26H31N7O3S/c1-6-32-16-24(17(2)29-32)37(35,36)33-13-11-31(12-14-33)26(34)21-15-23(25-18(3)28-30(5)19(25)4)27-22-10-8-7-9-20(21)22/h7-10,15-16H,6,11-14H2,1-5H3. The molecule has 37 heavy (non-hydrogen) atoms. The minimum Gasteiger partial charge on any atom is -0.336 e. The Morgan fingerprint density at radius 1 is 1.00 bits per heavy atom. The number of rotatable bonds is 5. The van der Waals surface area contributed by atoms with Crippen molar-refractivity contribution in [2.75, 3.05) is 26.2 Å². The van der Waals surface area contributed by atoms with Crippen LogP contribution < -0.4 is 0 Å². The molecule has 1 aromatic carbocycles. The Balaban J connectivity index is 1.44. The summed E-state index contributed by atoms with van der Waals surface area (Å²) in [6, 6.07) is 9.44. The van der Waals surface area contributed by atoms with E-state index in [1.165, 1.54) is 4.31 Å². The van der Waals surface area contributed by atoms with Crippen molar-refractivity contribution >= 4 is 26.8 Å². The lowest BCUT2D eigenvalue weighted by molar-refractivity contribution is 0.0700. The molecule has 4 heterocycles. The number of hydrogen-bond acceptors (Lipinski definition) is 6. The van der Waals surface area contributed by atoms with Crippen molar-refractivity contribution in [2.45, 2.75) is 39.1 Å². The number of piperazine rings is 1. The lowest BCUT2D eigenvalue weighted by Gasteiger charge is -2.34. The van der Waals surface area contributed by atoms with Crippen LogP contribution >= 0.6 is 0 Å². The second-order valence-electron chi connectivity index (χ2n) is 9.37. The van der Waals surface area contributed by atoms with Crippen molar-refractivity contribution in [2.24, 2.45) is 7.05 Å². The number of fused-ring (bicyclic) bond motifs is 1.